The fourth-order valence-corrected chi connectivity index (χ4v) is 3.07. The van der Waals surface area contributed by atoms with E-state index in [1.54, 1.807) is 0 Å². The van der Waals surface area contributed by atoms with Gasteiger partial charge in [-0.1, -0.05) is 52.3 Å². The minimum absolute atomic E-state index is 0.980. The molecule has 3 heteroatoms. The third kappa shape index (κ3) is 2.34. The predicted octanol–water partition coefficient (Wildman–Crippen LogP) is 5.89. The summed E-state index contributed by atoms with van der Waals surface area (Å²) < 4.78 is 1.05. The third-order valence-corrected chi connectivity index (χ3v) is 4.26. The van der Waals surface area contributed by atoms with Crippen molar-refractivity contribution in [3.63, 3.8) is 0 Å². The summed E-state index contributed by atoms with van der Waals surface area (Å²) in [5.41, 5.74) is 3.14. The maximum atomic E-state index is 4.43. The number of hydrogen-bond acceptors (Lipinski definition) is 2. The number of nitrogens with one attached hydrogen (secondary N) is 1. The van der Waals surface area contributed by atoms with Gasteiger partial charge in [0, 0.05) is 32.8 Å². The molecule has 1 heterocycles. The molecule has 0 unspecified atom stereocenters. The highest BCUT2D eigenvalue weighted by Gasteiger charge is 2.05. The lowest BCUT2D eigenvalue weighted by atomic mass is 10.1. The molecule has 0 amide bonds. The minimum atomic E-state index is 0.980. The lowest BCUT2D eigenvalue weighted by Gasteiger charge is -2.12. The van der Waals surface area contributed by atoms with Crippen LogP contribution in [0, 0.1) is 0 Å². The Morgan fingerprint density at radius 1 is 0.773 bits per heavy atom. The van der Waals surface area contributed by atoms with Gasteiger partial charge in [0.05, 0.1) is 5.52 Å². The van der Waals surface area contributed by atoms with Gasteiger partial charge < -0.3 is 5.32 Å². The van der Waals surface area contributed by atoms with Crippen LogP contribution in [0.3, 0.4) is 0 Å². The van der Waals surface area contributed by atoms with Gasteiger partial charge in [-0.05, 0) is 35.7 Å². The Morgan fingerprint density at radius 2 is 1.59 bits per heavy atom. The van der Waals surface area contributed by atoms with Crippen LogP contribution in [0.1, 0.15) is 0 Å². The Balaban J connectivity index is 1.88. The van der Waals surface area contributed by atoms with Crippen molar-refractivity contribution >= 4 is 49.0 Å². The van der Waals surface area contributed by atoms with Crippen LogP contribution in [0.5, 0.6) is 0 Å². The molecule has 0 spiro atoms. The topological polar surface area (TPSA) is 24.9 Å². The van der Waals surface area contributed by atoms with E-state index < -0.39 is 0 Å². The molecule has 0 bridgehead atoms. The highest BCUT2D eigenvalue weighted by Crippen LogP contribution is 2.30. The Bertz CT molecular complexity index is 974. The molecule has 106 valence electrons. The molecule has 1 aromatic heterocycles. The van der Waals surface area contributed by atoms with E-state index >= 15 is 0 Å². The van der Waals surface area contributed by atoms with Gasteiger partial charge in [-0.2, -0.15) is 0 Å². The van der Waals surface area contributed by atoms with E-state index in [0.717, 1.165) is 26.8 Å². The summed E-state index contributed by atoms with van der Waals surface area (Å²) in [6, 6.07) is 22.8. The Hall–Kier alpha value is -2.39. The standard InChI is InChI=1S/C19H13BrN2/c20-14-8-9-17-16(12-14)19(10-11-21-17)22-18-7-3-5-13-4-1-2-6-15(13)18/h1-12H,(H,21,22). The molecule has 0 saturated heterocycles. The van der Waals surface area contributed by atoms with Gasteiger partial charge in [0.2, 0.25) is 0 Å². The van der Waals surface area contributed by atoms with Crippen LogP contribution in [0.2, 0.25) is 0 Å². The van der Waals surface area contributed by atoms with Crippen LogP contribution in [0.4, 0.5) is 11.4 Å². The first-order valence-electron chi connectivity index (χ1n) is 7.10. The zero-order valence-corrected chi connectivity index (χ0v) is 13.3. The minimum Gasteiger partial charge on any atom is -0.354 e. The van der Waals surface area contributed by atoms with Crippen LogP contribution < -0.4 is 5.32 Å². The largest absolute Gasteiger partial charge is 0.354 e. The van der Waals surface area contributed by atoms with Crippen molar-refractivity contribution in [2.24, 2.45) is 0 Å². The van der Waals surface area contributed by atoms with Gasteiger partial charge in [-0.3, -0.25) is 4.98 Å². The molecule has 22 heavy (non-hydrogen) atoms. The van der Waals surface area contributed by atoms with Crippen molar-refractivity contribution in [3.8, 4) is 0 Å². The quantitative estimate of drug-likeness (QED) is 0.488. The number of rotatable bonds is 2. The van der Waals surface area contributed by atoms with Crippen molar-refractivity contribution in [3.05, 3.63) is 77.4 Å². The summed E-state index contributed by atoms with van der Waals surface area (Å²) in [6.45, 7) is 0. The zero-order valence-electron chi connectivity index (χ0n) is 11.8. The normalized spacial score (nSPS) is 11.0. The number of hydrogen-bond donors (Lipinski definition) is 1. The number of aromatic nitrogens is 1. The molecular weight excluding hydrogens is 336 g/mol. The number of benzene rings is 3. The predicted molar refractivity (Wildman–Crippen MR) is 96.7 cm³/mol. The molecule has 2 nitrogen and oxygen atoms in total. The number of anilines is 2. The van der Waals surface area contributed by atoms with Crippen molar-refractivity contribution < 1.29 is 0 Å². The maximum Gasteiger partial charge on any atom is 0.0723 e. The highest BCUT2D eigenvalue weighted by molar-refractivity contribution is 9.10. The van der Waals surface area contributed by atoms with Gasteiger partial charge in [-0.25, -0.2) is 0 Å². The Morgan fingerprint density at radius 3 is 2.55 bits per heavy atom. The van der Waals surface area contributed by atoms with Crippen LogP contribution in [-0.4, -0.2) is 4.98 Å². The van der Waals surface area contributed by atoms with E-state index in [0.29, 0.717) is 0 Å². The smallest absolute Gasteiger partial charge is 0.0723 e. The second-order valence-electron chi connectivity index (χ2n) is 5.17. The second kappa shape index (κ2) is 5.43. The first-order valence-corrected chi connectivity index (χ1v) is 7.90. The molecule has 4 rings (SSSR count). The van der Waals surface area contributed by atoms with E-state index in [2.05, 4.69) is 74.8 Å². The van der Waals surface area contributed by atoms with E-state index in [9.17, 15) is 0 Å². The fourth-order valence-electron chi connectivity index (χ4n) is 2.71. The molecule has 4 aromatic rings. The summed E-state index contributed by atoms with van der Waals surface area (Å²) in [6.07, 6.45) is 1.84. The maximum absolute atomic E-state index is 4.43. The van der Waals surface area contributed by atoms with Gasteiger partial charge in [0.15, 0.2) is 0 Å². The first-order chi connectivity index (χ1) is 10.8. The molecule has 0 saturated carbocycles. The first kappa shape index (κ1) is 13.3. The molecule has 1 N–H and O–H groups in total. The lowest BCUT2D eigenvalue weighted by molar-refractivity contribution is 1.40. The number of halogens is 1. The molecule has 0 aliphatic rings. The van der Waals surface area contributed by atoms with E-state index in [4.69, 9.17) is 0 Å². The summed E-state index contributed by atoms with van der Waals surface area (Å²) in [4.78, 5) is 4.43. The second-order valence-corrected chi connectivity index (χ2v) is 6.09. The van der Waals surface area contributed by atoms with Crippen LogP contribution in [0.15, 0.2) is 77.4 Å². The zero-order chi connectivity index (χ0) is 14.9. The molecule has 0 aliphatic carbocycles. The highest BCUT2D eigenvalue weighted by atomic mass is 79.9. The van der Waals surface area contributed by atoms with Crippen molar-refractivity contribution in [1.29, 1.82) is 0 Å². The average molecular weight is 349 g/mol. The van der Waals surface area contributed by atoms with Gasteiger partial charge >= 0.3 is 0 Å². The van der Waals surface area contributed by atoms with Crippen molar-refractivity contribution in [2.45, 2.75) is 0 Å². The Labute approximate surface area is 136 Å². The monoisotopic (exact) mass is 348 g/mol. The molecule has 0 atom stereocenters. The number of nitrogens with zero attached hydrogens (tertiary/aromatic N) is 1. The van der Waals surface area contributed by atoms with E-state index in [1.165, 1.54) is 10.8 Å². The number of pyridine rings is 1. The molecule has 3 aromatic carbocycles. The van der Waals surface area contributed by atoms with Gasteiger partial charge in [0.25, 0.3) is 0 Å². The van der Waals surface area contributed by atoms with E-state index in [-0.39, 0.29) is 0 Å². The molecule has 0 aliphatic heterocycles. The summed E-state index contributed by atoms with van der Waals surface area (Å²) in [7, 11) is 0. The third-order valence-electron chi connectivity index (χ3n) is 3.76. The van der Waals surface area contributed by atoms with Crippen molar-refractivity contribution in [2.75, 3.05) is 5.32 Å². The van der Waals surface area contributed by atoms with Crippen LogP contribution in [0.25, 0.3) is 21.7 Å². The molecular formula is C19H13BrN2. The van der Waals surface area contributed by atoms with Crippen LogP contribution >= 0.6 is 15.9 Å². The van der Waals surface area contributed by atoms with Crippen LogP contribution in [-0.2, 0) is 0 Å². The number of fused-ring (bicyclic) bond motifs is 2. The van der Waals surface area contributed by atoms with E-state index in [1.807, 2.05) is 24.4 Å². The summed E-state index contributed by atoms with van der Waals surface area (Å²) in [5, 5.41) is 7.10. The molecule has 0 radical (unpaired) electrons. The SMILES string of the molecule is Brc1ccc2nccc(Nc3cccc4ccccc34)c2c1. The lowest BCUT2D eigenvalue weighted by Crippen LogP contribution is -1.93. The fraction of sp³-hybridized carbons (Fsp3) is 0. The Kier molecular flexibility index (Phi) is 3.28. The summed E-state index contributed by atoms with van der Waals surface area (Å²) >= 11 is 3.54. The van der Waals surface area contributed by atoms with Gasteiger partial charge in [-0.15, -0.1) is 0 Å². The molecule has 0 fully saturated rings. The van der Waals surface area contributed by atoms with Gasteiger partial charge in [0.1, 0.15) is 0 Å². The van der Waals surface area contributed by atoms with Crippen molar-refractivity contribution in [1.82, 2.24) is 4.98 Å². The average Bonchev–Trinajstić information content (AvgIpc) is 2.56. The summed E-state index contributed by atoms with van der Waals surface area (Å²) in [5.74, 6) is 0.